The zero-order valence-corrected chi connectivity index (χ0v) is 18.0. The number of imide groups is 1. The minimum atomic E-state index is -0.440. The van der Waals surface area contributed by atoms with E-state index in [0.717, 1.165) is 18.0 Å². The van der Waals surface area contributed by atoms with Gasteiger partial charge >= 0.3 is 0 Å². The molecule has 4 rings (SSSR count). The summed E-state index contributed by atoms with van der Waals surface area (Å²) in [4.78, 5) is 41.3. The molecule has 2 heterocycles. The van der Waals surface area contributed by atoms with Crippen molar-refractivity contribution in [2.24, 2.45) is 5.92 Å². The van der Waals surface area contributed by atoms with E-state index >= 15 is 0 Å². The van der Waals surface area contributed by atoms with E-state index in [2.05, 4.69) is 36.9 Å². The van der Waals surface area contributed by atoms with Crippen molar-refractivity contribution in [1.82, 2.24) is 0 Å². The van der Waals surface area contributed by atoms with Crippen LogP contribution in [0, 0.1) is 29.9 Å². The maximum Gasteiger partial charge on any atom is 0.294 e. The van der Waals surface area contributed by atoms with E-state index in [9.17, 15) is 19.7 Å². The lowest BCUT2D eigenvalue weighted by molar-refractivity contribution is -0.384. The van der Waals surface area contributed by atoms with Crippen molar-refractivity contribution in [3.63, 3.8) is 0 Å². The van der Waals surface area contributed by atoms with Crippen LogP contribution in [0.15, 0.2) is 36.4 Å². The SMILES string of the molecule is Cc1ccc(C)c(N2CCN(c3ccc(N4C(=O)CC(C)C4=O)cc3[N+](=O)[O-])CC2)c1. The Hall–Kier alpha value is -3.42. The van der Waals surface area contributed by atoms with Crippen LogP contribution in [0.25, 0.3) is 0 Å². The number of benzene rings is 2. The van der Waals surface area contributed by atoms with Gasteiger partial charge in [-0.3, -0.25) is 24.6 Å². The number of piperazine rings is 1. The number of nitro groups is 1. The highest BCUT2D eigenvalue weighted by Crippen LogP contribution is 2.36. The number of nitro benzene ring substituents is 1. The third-order valence-electron chi connectivity index (χ3n) is 6.11. The molecule has 8 heteroatoms. The van der Waals surface area contributed by atoms with Gasteiger partial charge in [0.05, 0.1) is 10.6 Å². The molecule has 2 aliphatic rings. The number of hydrogen-bond donors (Lipinski definition) is 0. The van der Waals surface area contributed by atoms with Gasteiger partial charge in [0.2, 0.25) is 11.8 Å². The highest BCUT2D eigenvalue weighted by Gasteiger charge is 2.37. The van der Waals surface area contributed by atoms with Crippen LogP contribution in [0.5, 0.6) is 0 Å². The van der Waals surface area contributed by atoms with Crippen LogP contribution >= 0.6 is 0 Å². The molecule has 1 atom stereocenters. The van der Waals surface area contributed by atoms with E-state index in [-0.39, 0.29) is 29.6 Å². The Morgan fingerprint density at radius 1 is 0.935 bits per heavy atom. The monoisotopic (exact) mass is 422 g/mol. The Balaban J connectivity index is 1.56. The molecule has 0 saturated carbocycles. The molecule has 2 amide bonds. The number of carbonyl (C=O) groups excluding carboxylic acids is 2. The van der Waals surface area contributed by atoms with E-state index in [4.69, 9.17) is 0 Å². The summed E-state index contributed by atoms with van der Waals surface area (Å²) in [6.07, 6.45) is 0.134. The Bertz CT molecular complexity index is 1060. The van der Waals surface area contributed by atoms with Crippen LogP contribution < -0.4 is 14.7 Å². The van der Waals surface area contributed by atoms with E-state index in [0.29, 0.717) is 18.8 Å². The number of amides is 2. The lowest BCUT2D eigenvalue weighted by Crippen LogP contribution is -2.47. The molecule has 2 fully saturated rings. The zero-order chi connectivity index (χ0) is 22.3. The average molecular weight is 422 g/mol. The molecule has 1 unspecified atom stereocenters. The van der Waals surface area contributed by atoms with Crippen molar-refractivity contribution in [3.8, 4) is 0 Å². The minimum absolute atomic E-state index is 0.0853. The normalized spacial score (nSPS) is 19.3. The van der Waals surface area contributed by atoms with E-state index in [1.165, 1.54) is 22.9 Å². The maximum absolute atomic E-state index is 12.3. The lowest BCUT2D eigenvalue weighted by atomic mass is 10.1. The van der Waals surface area contributed by atoms with Crippen molar-refractivity contribution in [1.29, 1.82) is 0 Å². The van der Waals surface area contributed by atoms with Crippen LogP contribution in [0.3, 0.4) is 0 Å². The van der Waals surface area contributed by atoms with Crippen LogP contribution in [0.2, 0.25) is 0 Å². The number of nitrogens with zero attached hydrogens (tertiary/aromatic N) is 4. The quantitative estimate of drug-likeness (QED) is 0.426. The molecule has 31 heavy (non-hydrogen) atoms. The van der Waals surface area contributed by atoms with Crippen molar-refractivity contribution in [2.75, 3.05) is 40.9 Å². The first-order chi connectivity index (χ1) is 14.8. The smallest absolute Gasteiger partial charge is 0.294 e. The number of carbonyl (C=O) groups is 2. The molecule has 0 spiro atoms. The Morgan fingerprint density at radius 3 is 2.16 bits per heavy atom. The van der Waals surface area contributed by atoms with Gasteiger partial charge in [-0.1, -0.05) is 19.1 Å². The van der Waals surface area contributed by atoms with E-state index in [1.807, 2.05) is 4.90 Å². The maximum atomic E-state index is 12.3. The van der Waals surface area contributed by atoms with Crippen LogP contribution in [-0.2, 0) is 9.59 Å². The third-order valence-corrected chi connectivity index (χ3v) is 6.11. The molecular weight excluding hydrogens is 396 g/mol. The topological polar surface area (TPSA) is 87.0 Å². The first-order valence-electron chi connectivity index (χ1n) is 10.5. The molecule has 2 aromatic carbocycles. The van der Waals surface area contributed by atoms with Gasteiger partial charge in [-0.25, -0.2) is 0 Å². The fourth-order valence-electron chi connectivity index (χ4n) is 4.37. The van der Waals surface area contributed by atoms with Gasteiger partial charge in [0, 0.05) is 50.3 Å². The predicted octanol–water partition coefficient (Wildman–Crippen LogP) is 3.44. The molecule has 162 valence electrons. The molecule has 2 aromatic rings. The van der Waals surface area contributed by atoms with Gasteiger partial charge in [0.15, 0.2) is 0 Å². The number of anilines is 3. The highest BCUT2D eigenvalue weighted by atomic mass is 16.6. The van der Waals surface area contributed by atoms with Gasteiger partial charge < -0.3 is 9.80 Å². The van der Waals surface area contributed by atoms with Crippen LogP contribution in [0.1, 0.15) is 24.5 Å². The summed E-state index contributed by atoms with van der Waals surface area (Å²) in [6.45, 7) is 8.65. The third kappa shape index (κ3) is 3.85. The number of rotatable bonds is 4. The second-order valence-corrected chi connectivity index (χ2v) is 8.37. The molecule has 0 N–H and O–H groups in total. The summed E-state index contributed by atoms with van der Waals surface area (Å²) in [5, 5.41) is 11.8. The van der Waals surface area contributed by atoms with E-state index in [1.54, 1.807) is 19.1 Å². The van der Waals surface area contributed by atoms with Crippen molar-refractivity contribution in [2.45, 2.75) is 27.2 Å². The first-order valence-corrected chi connectivity index (χ1v) is 10.5. The summed E-state index contributed by atoms with van der Waals surface area (Å²) in [5.74, 6) is -1.03. The highest BCUT2D eigenvalue weighted by molar-refractivity contribution is 6.21. The molecule has 2 saturated heterocycles. The first kappa shape index (κ1) is 20.8. The summed E-state index contributed by atoms with van der Waals surface area (Å²) in [5.41, 5.74) is 4.31. The molecule has 0 aromatic heterocycles. The summed E-state index contributed by atoms with van der Waals surface area (Å²) in [7, 11) is 0. The molecular formula is C23H26N4O4. The van der Waals surface area contributed by atoms with Gasteiger partial charge in [0.25, 0.3) is 5.69 Å². The Labute approximate surface area is 181 Å². The van der Waals surface area contributed by atoms with Gasteiger partial charge in [0.1, 0.15) is 5.69 Å². The number of hydrogen-bond acceptors (Lipinski definition) is 6. The summed E-state index contributed by atoms with van der Waals surface area (Å²) >= 11 is 0. The summed E-state index contributed by atoms with van der Waals surface area (Å²) < 4.78 is 0. The predicted molar refractivity (Wildman–Crippen MR) is 120 cm³/mol. The van der Waals surface area contributed by atoms with Crippen LogP contribution in [0.4, 0.5) is 22.7 Å². The second kappa shape index (κ2) is 8.02. The molecule has 0 radical (unpaired) electrons. The van der Waals surface area contributed by atoms with E-state index < -0.39 is 10.8 Å². The minimum Gasteiger partial charge on any atom is -0.368 e. The molecule has 2 aliphatic heterocycles. The molecule has 8 nitrogen and oxygen atoms in total. The zero-order valence-electron chi connectivity index (χ0n) is 18.0. The fourth-order valence-corrected chi connectivity index (χ4v) is 4.37. The molecule has 0 bridgehead atoms. The second-order valence-electron chi connectivity index (χ2n) is 8.37. The standard InChI is InChI=1S/C23H26N4O4/c1-15-4-5-16(2)20(12-15)25-10-8-24(9-11-25)19-7-6-18(14-21(19)27(30)31)26-22(28)13-17(3)23(26)29/h4-7,12,14,17H,8-11,13H2,1-3H3. The Morgan fingerprint density at radius 2 is 1.58 bits per heavy atom. The van der Waals surface area contributed by atoms with Crippen molar-refractivity contribution in [3.05, 3.63) is 57.6 Å². The van der Waals surface area contributed by atoms with Crippen molar-refractivity contribution >= 4 is 34.6 Å². The van der Waals surface area contributed by atoms with Crippen LogP contribution in [-0.4, -0.2) is 42.9 Å². The van der Waals surface area contributed by atoms with Gasteiger partial charge in [-0.05, 0) is 43.2 Å². The number of aryl methyl sites for hydroxylation is 2. The Kier molecular flexibility index (Phi) is 5.39. The molecule has 0 aliphatic carbocycles. The summed E-state index contributed by atoms with van der Waals surface area (Å²) in [6, 6.07) is 11.0. The largest absolute Gasteiger partial charge is 0.368 e. The van der Waals surface area contributed by atoms with Gasteiger partial charge in [-0.15, -0.1) is 0 Å². The lowest BCUT2D eigenvalue weighted by Gasteiger charge is -2.38. The van der Waals surface area contributed by atoms with Crippen molar-refractivity contribution < 1.29 is 14.5 Å². The fraction of sp³-hybridized carbons (Fsp3) is 0.391. The van der Waals surface area contributed by atoms with Gasteiger partial charge in [-0.2, -0.15) is 0 Å². The average Bonchev–Trinajstić information content (AvgIpc) is 3.01.